The Bertz CT molecular complexity index is 271. The van der Waals surface area contributed by atoms with E-state index in [0.717, 1.165) is 11.3 Å². The molecule has 0 bridgehead atoms. The van der Waals surface area contributed by atoms with Gasteiger partial charge in [-0.1, -0.05) is 19.1 Å². The predicted molar refractivity (Wildman–Crippen MR) is 57.8 cm³/mol. The summed E-state index contributed by atoms with van der Waals surface area (Å²) in [6.07, 6.45) is 0.700. The number of aliphatic hydroxyl groups excluding tert-OH is 1. The summed E-state index contributed by atoms with van der Waals surface area (Å²) in [7, 11) is 0. The zero-order chi connectivity index (χ0) is 11.1. The number of halogens is 1. The third-order valence-electron chi connectivity index (χ3n) is 2.20. The van der Waals surface area contributed by atoms with E-state index in [0.29, 0.717) is 19.4 Å². The molecule has 0 unspecified atom stereocenters. The molecule has 0 aliphatic rings. The maximum absolute atomic E-state index is 11.8. The first kappa shape index (κ1) is 12.0. The van der Waals surface area contributed by atoms with Gasteiger partial charge in [-0.15, -0.1) is 0 Å². The molecular formula is C12H17FO2. The third-order valence-corrected chi connectivity index (χ3v) is 2.20. The van der Waals surface area contributed by atoms with E-state index in [1.54, 1.807) is 12.1 Å². The van der Waals surface area contributed by atoms with Crippen molar-refractivity contribution in [1.82, 2.24) is 0 Å². The number of hydrogen-bond donors (Lipinski definition) is 1. The van der Waals surface area contributed by atoms with Gasteiger partial charge in [-0.05, 0) is 24.1 Å². The van der Waals surface area contributed by atoms with Gasteiger partial charge in [0.25, 0.3) is 0 Å². The van der Waals surface area contributed by atoms with Gasteiger partial charge in [0.2, 0.25) is 0 Å². The van der Waals surface area contributed by atoms with Crippen LogP contribution < -0.4 is 4.74 Å². The van der Waals surface area contributed by atoms with Crippen molar-refractivity contribution in [3.05, 3.63) is 29.8 Å². The van der Waals surface area contributed by atoms with E-state index >= 15 is 0 Å². The van der Waals surface area contributed by atoms with Crippen LogP contribution in [0.3, 0.4) is 0 Å². The van der Waals surface area contributed by atoms with E-state index in [-0.39, 0.29) is 6.67 Å². The minimum atomic E-state index is -0.412. The van der Waals surface area contributed by atoms with Gasteiger partial charge in [0, 0.05) is 6.42 Å². The van der Waals surface area contributed by atoms with E-state index in [1.807, 2.05) is 19.1 Å². The summed E-state index contributed by atoms with van der Waals surface area (Å²) in [4.78, 5) is 0. The molecule has 0 saturated heterocycles. The summed E-state index contributed by atoms with van der Waals surface area (Å²) < 4.78 is 17.1. The number of ether oxygens (including phenoxy) is 1. The molecule has 0 aromatic heterocycles. The molecule has 15 heavy (non-hydrogen) atoms. The van der Waals surface area contributed by atoms with Crippen LogP contribution in [0.25, 0.3) is 0 Å². The molecule has 0 aliphatic carbocycles. The summed E-state index contributed by atoms with van der Waals surface area (Å²) in [6, 6.07) is 7.26. The maximum Gasteiger partial charge on any atom is 0.119 e. The molecule has 0 fully saturated rings. The van der Waals surface area contributed by atoms with Crippen molar-refractivity contribution >= 4 is 0 Å². The van der Waals surface area contributed by atoms with Crippen LogP contribution in [0.5, 0.6) is 5.75 Å². The Morgan fingerprint density at radius 2 is 2.00 bits per heavy atom. The minimum Gasteiger partial charge on any atom is -0.494 e. The first-order valence-corrected chi connectivity index (χ1v) is 5.24. The molecular weight excluding hydrogens is 195 g/mol. The molecule has 1 aromatic carbocycles. The number of aliphatic hydroxyl groups is 1. The molecule has 0 radical (unpaired) electrons. The van der Waals surface area contributed by atoms with E-state index in [2.05, 4.69) is 0 Å². The van der Waals surface area contributed by atoms with E-state index in [4.69, 9.17) is 4.74 Å². The van der Waals surface area contributed by atoms with Gasteiger partial charge in [-0.3, -0.25) is 4.39 Å². The van der Waals surface area contributed by atoms with Gasteiger partial charge >= 0.3 is 0 Å². The topological polar surface area (TPSA) is 29.5 Å². The molecule has 84 valence electrons. The summed E-state index contributed by atoms with van der Waals surface area (Å²) >= 11 is 0. The lowest BCUT2D eigenvalue weighted by Gasteiger charge is -2.09. The number of rotatable bonds is 6. The average molecular weight is 212 g/mol. The molecule has 1 rings (SSSR count). The van der Waals surface area contributed by atoms with Crippen molar-refractivity contribution in [2.45, 2.75) is 25.9 Å². The SMILES string of the molecule is CC[C@H](O)c1ccc(OCCCF)cc1. The largest absolute Gasteiger partial charge is 0.494 e. The second kappa shape index (κ2) is 6.40. The van der Waals surface area contributed by atoms with Gasteiger partial charge in [0.05, 0.1) is 19.4 Å². The van der Waals surface area contributed by atoms with E-state index in [9.17, 15) is 9.50 Å². The Kier molecular flexibility index (Phi) is 5.12. The Morgan fingerprint density at radius 3 is 2.53 bits per heavy atom. The Balaban J connectivity index is 2.49. The van der Waals surface area contributed by atoms with Crippen LogP contribution in [0.1, 0.15) is 31.4 Å². The fourth-order valence-electron chi connectivity index (χ4n) is 1.27. The van der Waals surface area contributed by atoms with Crippen molar-refractivity contribution in [3.8, 4) is 5.75 Å². The highest BCUT2D eigenvalue weighted by Crippen LogP contribution is 2.19. The molecule has 0 heterocycles. The smallest absolute Gasteiger partial charge is 0.119 e. The molecule has 2 nitrogen and oxygen atoms in total. The Labute approximate surface area is 89.7 Å². The van der Waals surface area contributed by atoms with Gasteiger partial charge in [0.15, 0.2) is 0 Å². The highest BCUT2D eigenvalue weighted by molar-refractivity contribution is 5.28. The monoisotopic (exact) mass is 212 g/mol. The fraction of sp³-hybridized carbons (Fsp3) is 0.500. The van der Waals surface area contributed by atoms with Crippen LogP contribution in [-0.4, -0.2) is 18.4 Å². The minimum absolute atomic E-state index is 0.355. The van der Waals surface area contributed by atoms with Gasteiger partial charge < -0.3 is 9.84 Å². The lowest BCUT2D eigenvalue weighted by Crippen LogP contribution is -1.99. The van der Waals surface area contributed by atoms with Crippen molar-refractivity contribution in [1.29, 1.82) is 0 Å². The third kappa shape index (κ3) is 3.88. The van der Waals surface area contributed by atoms with Gasteiger partial charge in [-0.2, -0.15) is 0 Å². The van der Waals surface area contributed by atoms with Crippen LogP contribution in [0.4, 0.5) is 4.39 Å². The summed E-state index contributed by atoms with van der Waals surface area (Å²) in [6.45, 7) is 1.97. The average Bonchev–Trinajstić information content (AvgIpc) is 2.29. The maximum atomic E-state index is 11.8. The van der Waals surface area contributed by atoms with Crippen LogP contribution in [0.15, 0.2) is 24.3 Å². The van der Waals surface area contributed by atoms with Crippen LogP contribution >= 0.6 is 0 Å². The van der Waals surface area contributed by atoms with Crippen LogP contribution in [-0.2, 0) is 0 Å². The van der Waals surface area contributed by atoms with Crippen molar-refractivity contribution in [3.63, 3.8) is 0 Å². The molecule has 0 amide bonds. The standard InChI is InChI=1S/C12H17FO2/c1-2-12(14)10-4-6-11(7-5-10)15-9-3-8-13/h4-7,12,14H,2-3,8-9H2,1H3/t12-/m0/s1. The highest BCUT2D eigenvalue weighted by Gasteiger charge is 2.03. The van der Waals surface area contributed by atoms with E-state index < -0.39 is 6.10 Å². The van der Waals surface area contributed by atoms with Crippen LogP contribution in [0.2, 0.25) is 0 Å². The van der Waals surface area contributed by atoms with E-state index in [1.165, 1.54) is 0 Å². The summed E-state index contributed by atoms with van der Waals surface area (Å²) in [5.41, 5.74) is 0.885. The van der Waals surface area contributed by atoms with Crippen LogP contribution in [0, 0.1) is 0 Å². The normalized spacial score (nSPS) is 12.5. The number of benzene rings is 1. The Hall–Kier alpha value is -1.09. The second-order valence-corrected chi connectivity index (χ2v) is 3.38. The van der Waals surface area contributed by atoms with Gasteiger partial charge in [0.1, 0.15) is 5.75 Å². The molecule has 0 aliphatic heterocycles. The molecule has 1 atom stereocenters. The van der Waals surface area contributed by atoms with Crippen molar-refractivity contribution < 1.29 is 14.2 Å². The molecule has 0 saturated carbocycles. The van der Waals surface area contributed by atoms with Crippen molar-refractivity contribution in [2.24, 2.45) is 0 Å². The molecule has 1 N–H and O–H groups in total. The van der Waals surface area contributed by atoms with Crippen molar-refractivity contribution in [2.75, 3.05) is 13.3 Å². The number of hydrogen-bond acceptors (Lipinski definition) is 2. The zero-order valence-corrected chi connectivity index (χ0v) is 8.95. The zero-order valence-electron chi connectivity index (χ0n) is 8.95. The lowest BCUT2D eigenvalue weighted by molar-refractivity contribution is 0.173. The Morgan fingerprint density at radius 1 is 1.33 bits per heavy atom. The first-order chi connectivity index (χ1) is 7.27. The second-order valence-electron chi connectivity index (χ2n) is 3.38. The fourth-order valence-corrected chi connectivity index (χ4v) is 1.27. The summed E-state index contributed by atoms with van der Waals surface area (Å²) in [5, 5.41) is 9.54. The molecule has 0 spiro atoms. The first-order valence-electron chi connectivity index (χ1n) is 5.24. The summed E-state index contributed by atoms with van der Waals surface area (Å²) in [5.74, 6) is 0.718. The predicted octanol–water partition coefficient (Wildman–Crippen LogP) is 2.87. The molecule has 3 heteroatoms. The highest BCUT2D eigenvalue weighted by atomic mass is 19.1. The van der Waals surface area contributed by atoms with Gasteiger partial charge in [-0.25, -0.2) is 0 Å². The number of alkyl halides is 1. The molecule has 1 aromatic rings. The lowest BCUT2D eigenvalue weighted by atomic mass is 10.1. The quantitative estimate of drug-likeness (QED) is 0.735.